The molecule has 3 nitrogen and oxygen atoms in total. The molecule has 0 radical (unpaired) electrons. The van der Waals surface area contributed by atoms with E-state index in [4.69, 9.17) is 0 Å². The molecule has 1 aromatic carbocycles. The Labute approximate surface area is 114 Å². The second-order valence-corrected chi connectivity index (χ2v) is 4.13. The molecule has 112 valence electrons. The Morgan fingerprint density at radius 1 is 1.30 bits per heavy atom. The number of hydrogen-bond donors (Lipinski definition) is 1. The van der Waals surface area contributed by atoms with Crippen LogP contribution in [0.1, 0.15) is 24.2 Å². The average Bonchev–Trinajstić information content (AvgIpc) is 2.36. The number of nitrogens with zero attached hydrogens (tertiary/aromatic N) is 1. The second kappa shape index (κ2) is 6.58. The Hall–Kier alpha value is -1.79. The van der Waals surface area contributed by atoms with Crippen molar-refractivity contribution in [3.05, 3.63) is 29.6 Å². The molecule has 0 fully saturated rings. The van der Waals surface area contributed by atoms with E-state index in [-0.39, 0.29) is 17.8 Å². The maximum atomic E-state index is 13.6. The van der Waals surface area contributed by atoms with Gasteiger partial charge in [0.05, 0.1) is 11.3 Å². The lowest BCUT2D eigenvalue weighted by Crippen LogP contribution is -2.39. The number of para-hydroxylation sites is 1. The number of carbonyl (C=O) groups is 1. The molecule has 0 bridgehead atoms. The topological polar surface area (TPSA) is 32.3 Å². The number of amides is 1. The van der Waals surface area contributed by atoms with Crippen molar-refractivity contribution >= 4 is 11.6 Å². The van der Waals surface area contributed by atoms with Gasteiger partial charge in [0.15, 0.2) is 0 Å². The minimum atomic E-state index is -4.49. The molecule has 20 heavy (non-hydrogen) atoms. The van der Waals surface area contributed by atoms with Gasteiger partial charge in [-0.05, 0) is 26.0 Å². The van der Waals surface area contributed by atoms with Gasteiger partial charge in [0, 0.05) is 13.1 Å². The summed E-state index contributed by atoms with van der Waals surface area (Å²) in [5, 5.41) is 2.66. The highest BCUT2D eigenvalue weighted by Gasteiger charge is 2.33. The Morgan fingerprint density at radius 2 is 1.95 bits per heavy atom. The van der Waals surface area contributed by atoms with Crippen molar-refractivity contribution in [2.24, 2.45) is 0 Å². The van der Waals surface area contributed by atoms with Gasteiger partial charge in [0.2, 0.25) is 0 Å². The zero-order valence-corrected chi connectivity index (χ0v) is 11.2. The van der Waals surface area contributed by atoms with E-state index in [9.17, 15) is 22.4 Å². The number of rotatable bonds is 5. The zero-order chi connectivity index (χ0) is 15.3. The number of nitrogens with one attached hydrogen (secondary N) is 1. The van der Waals surface area contributed by atoms with Crippen LogP contribution in [0.4, 0.5) is 23.2 Å². The fourth-order valence-corrected chi connectivity index (χ4v) is 1.77. The highest BCUT2D eigenvalue weighted by Crippen LogP contribution is 2.23. The normalized spacial score (nSPS) is 11.3. The van der Waals surface area contributed by atoms with E-state index in [1.807, 2.05) is 0 Å². The Bertz CT molecular complexity index is 474. The third kappa shape index (κ3) is 4.11. The van der Waals surface area contributed by atoms with Crippen LogP contribution in [0.2, 0.25) is 0 Å². The van der Waals surface area contributed by atoms with Crippen molar-refractivity contribution in [3.63, 3.8) is 0 Å². The summed E-state index contributed by atoms with van der Waals surface area (Å²) < 4.78 is 50.9. The molecule has 0 aliphatic carbocycles. The Kier molecular flexibility index (Phi) is 5.35. The van der Waals surface area contributed by atoms with E-state index in [2.05, 4.69) is 5.32 Å². The highest BCUT2D eigenvalue weighted by atomic mass is 19.4. The van der Waals surface area contributed by atoms with Gasteiger partial charge < -0.3 is 10.2 Å². The summed E-state index contributed by atoms with van der Waals surface area (Å²) in [6.07, 6.45) is -4.49. The molecule has 0 saturated carbocycles. The van der Waals surface area contributed by atoms with Crippen molar-refractivity contribution in [2.75, 3.05) is 25.0 Å². The van der Waals surface area contributed by atoms with Gasteiger partial charge in [-0.15, -0.1) is 0 Å². The highest BCUT2D eigenvalue weighted by molar-refractivity contribution is 5.99. The predicted molar refractivity (Wildman–Crippen MR) is 68.2 cm³/mol. The fourth-order valence-electron chi connectivity index (χ4n) is 1.77. The van der Waals surface area contributed by atoms with Crippen molar-refractivity contribution < 1.29 is 22.4 Å². The van der Waals surface area contributed by atoms with Gasteiger partial charge in [-0.3, -0.25) is 4.79 Å². The second-order valence-electron chi connectivity index (χ2n) is 4.13. The lowest BCUT2D eigenvalue weighted by molar-refractivity contribution is -0.140. The van der Waals surface area contributed by atoms with E-state index in [1.54, 1.807) is 6.92 Å². The summed E-state index contributed by atoms with van der Waals surface area (Å²) in [4.78, 5) is 12.8. The van der Waals surface area contributed by atoms with Gasteiger partial charge in [0.1, 0.15) is 12.4 Å². The molecule has 0 atom stereocenters. The molecule has 1 amide bonds. The smallest absolute Gasteiger partial charge is 0.382 e. The molecule has 1 aromatic rings. The van der Waals surface area contributed by atoms with Crippen LogP contribution in [0, 0.1) is 5.82 Å². The van der Waals surface area contributed by atoms with Crippen LogP contribution in [0.3, 0.4) is 0 Å². The average molecular weight is 292 g/mol. The first kappa shape index (κ1) is 16.3. The summed E-state index contributed by atoms with van der Waals surface area (Å²) in [5.74, 6) is -1.51. The maximum Gasteiger partial charge on any atom is 0.406 e. The third-order valence-corrected chi connectivity index (χ3v) is 2.64. The van der Waals surface area contributed by atoms with Crippen molar-refractivity contribution in [2.45, 2.75) is 20.0 Å². The third-order valence-electron chi connectivity index (χ3n) is 2.64. The van der Waals surface area contributed by atoms with E-state index >= 15 is 0 Å². The molecule has 1 N–H and O–H groups in total. The first-order chi connectivity index (χ1) is 9.30. The van der Waals surface area contributed by atoms with E-state index in [0.29, 0.717) is 11.4 Å². The van der Waals surface area contributed by atoms with Gasteiger partial charge in [-0.25, -0.2) is 4.39 Å². The molecule has 0 spiro atoms. The molecule has 1 rings (SSSR count). The van der Waals surface area contributed by atoms with Crippen molar-refractivity contribution in [1.82, 2.24) is 4.90 Å². The van der Waals surface area contributed by atoms with E-state index in [0.717, 1.165) is 6.07 Å². The zero-order valence-electron chi connectivity index (χ0n) is 11.2. The monoisotopic (exact) mass is 292 g/mol. The Balaban J connectivity index is 3.09. The minimum Gasteiger partial charge on any atom is -0.382 e. The molecule has 0 aromatic heterocycles. The largest absolute Gasteiger partial charge is 0.406 e. The summed E-state index contributed by atoms with van der Waals surface area (Å²) in [6.45, 7) is 2.03. The van der Waals surface area contributed by atoms with Gasteiger partial charge in [0.25, 0.3) is 5.91 Å². The van der Waals surface area contributed by atoms with E-state index in [1.165, 1.54) is 19.1 Å². The SMILES string of the molecule is CCNc1c(F)cccc1C(=O)N(CC)CC(F)(F)F. The summed E-state index contributed by atoms with van der Waals surface area (Å²) in [5.41, 5.74) is -0.168. The summed E-state index contributed by atoms with van der Waals surface area (Å²) >= 11 is 0. The number of alkyl halides is 3. The molecule has 0 aliphatic rings. The standard InChI is InChI=1S/C13H16F4N2O/c1-3-18-11-9(6-5-7-10(11)14)12(20)19(4-2)8-13(15,16)17/h5-7,18H,3-4,8H2,1-2H3. The predicted octanol–water partition coefficient (Wildman–Crippen LogP) is 3.28. The first-order valence-electron chi connectivity index (χ1n) is 6.18. The van der Waals surface area contributed by atoms with Crippen LogP contribution in [0.15, 0.2) is 18.2 Å². The molecular weight excluding hydrogens is 276 g/mol. The number of carbonyl (C=O) groups excluding carboxylic acids is 1. The molecule has 0 unspecified atom stereocenters. The molecular formula is C13H16F4N2O. The first-order valence-corrected chi connectivity index (χ1v) is 6.18. The Morgan fingerprint density at radius 3 is 2.45 bits per heavy atom. The van der Waals surface area contributed by atoms with Crippen LogP contribution in [-0.4, -0.2) is 36.6 Å². The lowest BCUT2D eigenvalue weighted by Gasteiger charge is -2.23. The van der Waals surface area contributed by atoms with Crippen LogP contribution < -0.4 is 5.32 Å². The molecule has 0 saturated heterocycles. The van der Waals surface area contributed by atoms with Crippen LogP contribution in [-0.2, 0) is 0 Å². The quantitative estimate of drug-likeness (QED) is 0.845. The molecule has 7 heteroatoms. The van der Waals surface area contributed by atoms with Crippen molar-refractivity contribution in [3.8, 4) is 0 Å². The fraction of sp³-hybridized carbons (Fsp3) is 0.462. The van der Waals surface area contributed by atoms with Crippen LogP contribution in [0.25, 0.3) is 0 Å². The summed E-state index contributed by atoms with van der Waals surface area (Å²) in [6, 6.07) is 3.75. The maximum absolute atomic E-state index is 13.6. The number of halogens is 4. The number of anilines is 1. The summed E-state index contributed by atoms with van der Waals surface area (Å²) in [7, 11) is 0. The lowest BCUT2D eigenvalue weighted by atomic mass is 10.1. The molecule has 0 aliphatic heterocycles. The number of hydrogen-bond acceptors (Lipinski definition) is 2. The van der Waals surface area contributed by atoms with Gasteiger partial charge in [-0.2, -0.15) is 13.2 Å². The van der Waals surface area contributed by atoms with Gasteiger partial charge in [-0.1, -0.05) is 6.07 Å². The minimum absolute atomic E-state index is 0.0689. The van der Waals surface area contributed by atoms with Crippen LogP contribution in [0.5, 0.6) is 0 Å². The van der Waals surface area contributed by atoms with E-state index < -0.39 is 24.4 Å². The van der Waals surface area contributed by atoms with Gasteiger partial charge >= 0.3 is 6.18 Å². The molecule has 0 heterocycles. The van der Waals surface area contributed by atoms with Crippen molar-refractivity contribution in [1.29, 1.82) is 0 Å². The van der Waals surface area contributed by atoms with Crippen LogP contribution >= 0.6 is 0 Å². The number of benzene rings is 1.